The zero-order chi connectivity index (χ0) is 14.2. The third kappa shape index (κ3) is 3.23. The van der Waals surface area contributed by atoms with Crippen LogP contribution in [0.4, 0.5) is 0 Å². The van der Waals surface area contributed by atoms with Gasteiger partial charge in [0, 0.05) is 0 Å². The first-order valence-corrected chi connectivity index (χ1v) is 6.75. The molecule has 1 unspecified atom stereocenters. The molecule has 1 fully saturated rings. The van der Waals surface area contributed by atoms with E-state index in [2.05, 4.69) is 24.5 Å². The third-order valence-corrected chi connectivity index (χ3v) is 4.36. The van der Waals surface area contributed by atoms with Gasteiger partial charge in [-0.15, -0.1) is 0 Å². The lowest BCUT2D eigenvalue weighted by Gasteiger charge is -2.43. The van der Waals surface area contributed by atoms with E-state index in [-0.39, 0.29) is 17.4 Å². The fourth-order valence-corrected chi connectivity index (χ4v) is 2.19. The predicted molar refractivity (Wildman–Crippen MR) is 73.3 cm³/mol. The first-order chi connectivity index (χ1) is 7.97. The average Bonchev–Trinajstić information content (AvgIpc) is 2.13. The van der Waals surface area contributed by atoms with E-state index in [1.807, 2.05) is 13.8 Å². The Labute approximate surface area is 111 Å². The molecule has 0 aromatic rings. The zero-order valence-corrected chi connectivity index (χ0v) is 12.6. The zero-order valence-electron chi connectivity index (χ0n) is 12.6. The van der Waals surface area contributed by atoms with Crippen LogP contribution in [0.15, 0.2) is 0 Å². The highest BCUT2D eigenvalue weighted by molar-refractivity contribution is 5.83. The van der Waals surface area contributed by atoms with Gasteiger partial charge in [-0.05, 0) is 52.5 Å². The monoisotopic (exact) mass is 256 g/mol. The molecule has 1 atom stereocenters. The molecular weight excluding hydrogens is 228 g/mol. The molecule has 1 rings (SSSR count). The number of amides is 1. The molecule has 106 valence electrons. The Bertz CT molecular complexity index is 316. The highest BCUT2D eigenvalue weighted by atomic mass is 16.3. The molecule has 1 aliphatic rings. The minimum atomic E-state index is -0.957. The summed E-state index contributed by atoms with van der Waals surface area (Å²) in [5.74, 6) is -0.0215. The Hall–Kier alpha value is -0.610. The van der Waals surface area contributed by atoms with Crippen LogP contribution in [0.25, 0.3) is 0 Å². The van der Waals surface area contributed by atoms with E-state index in [0.29, 0.717) is 0 Å². The van der Waals surface area contributed by atoms with Crippen LogP contribution in [0.1, 0.15) is 54.4 Å². The van der Waals surface area contributed by atoms with E-state index in [1.165, 1.54) is 0 Å². The average molecular weight is 256 g/mol. The Morgan fingerprint density at radius 1 is 1.33 bits per heavy atom. The first-order valence-electron chi connectivity index (χ1n) is 6.75. The minimum Gasteiger partial charge on any atom is -0.388 e. The van der Waals surface area contributed by atoms with Crippen molar-refractivity contribution in [2.24, 2.45) is 5.41 Å². The van der Waals surface area contributed by atoms with Crippen molar-refractivity contribution in [2.45, 2.75) is 71.6 Å². The van der Waals surface area contributed by atoms with E-state index < -0.39 is 11.1 Å². The van der Waals surface area contributed by atoms with Gasteiger partial charge in [0.2, 0.25) is 5.91 Å². The van der Waals surface area contributed by atoms with Crippen LogP contribution in [-0.4, -0.2) is 34.7 Å². The molecular formula is C14H28N2O2. The van der Waals surface area contributed by atoms with E-state index >= 15 is 0 Å². The van der Waals surface area contributed by atoms with Gasteiger partial charge in [-0.1, -0.05) is 13.8 Å². The number of carbonyl (C=O) groups excluding carboxylic acids is 1. The summed E-state index contributed by atoms with van der Waals surface area (Å²) in [4.78, 5) is 12.4. The molecule has 0 aliphatic carbocycles. The number of piperidine rings is 1. The lowest BCUT2D eigenvalue weighted by molar-refractivity contribution is -0.131. The maximum atomic E-state index is 12.4. The maximum Gasteiger partial charge on any atom is 0.238 e. The van der Waals surface area contributed by atoms with Gasteiger partial charge < -0.3 is 15.7 Å². The SMILES string of the molecule is CC1(C)CCCNC1C(=O)NC(C)(C)C(C)(C)O. The number of nitrogens with one attached hydrogen (secondary N) is 2. The number of carbonyl (C=O) groups is 1. The van der Waals surface area contributed by atoms with Crippen molar-refractivity contribution in [3.63, 3.8) is 0 Å². The third-order valence-electron chi connectivity index (χ3n) is 4.36. The Kier molecular flexibility index (Phi) is 4.13. The van der Waals surface area contributed by atoms with Gasteiger partial charge in [0.1, 0.15) is 0 Å². The topological polar surface area (TPSA) is 61.4 Å². The van der Waals surface area contributed by atoms with Gasteiger partial charge in [0.25, 0.3) is 0 Å². The van der Waals surface area contributed by atoms with Crippen molar-refractivity contribution in [1.29, 1.82) is 0 Å². The smallest absolute Gasteiger partial charge is 0.238 e. The van der Waals surface area contributed by atoms with Crippen LogP contribution in [-0.2, 0) is 4.79 Å². The largest absolute Gasteiger partial charge is 0.388 e. The summed E-state index contributed by atoms with van der Waals surface area (Å²) in [7, 11) is 0. The molecule has 1 heterocycles. The van der Waals surface area contributed by atoms with Gasteiger partial charge >= 0.3 is 0 Å². The van der Waals surface area contributed by atoms with Crippen molar-refractivity contribution in [3.8, 4) is 0 Å². The van der Waals surface area contributed by atoms with Gasteiger partial charge in [-0.3, -0.25) is 4.79 Å². The molecule has 4 heteroatoms. The molecule has 4 nitrogen and oxygen atoms in total. The molecule has 3 N–H and O–H groups in total. The van der Waals surface area contributed by atoms with E-state index in [0.717, 1.165) is 19.4 Å². The van der Waals surface area contributed by atoms with E-state index in [1.54, 1.807) is 13.8 Å². The quantitative estimate of drug-likeness (QED) is 0.716. The lowest BCUT2D eigenvalue weighted by Crippen LogP contribution is -2.64. The van der Waals surface area contributed by atoms with Crippen molar-refractivity contribution < 1.29 is 9.90 Å². The second-order valence-corrected chi connectivity index (χ2v) is 7.15. The Morgan fingerprint density at radius 3 is 2.33 bits per heavy atom. The second-order valence-electron chi connectivity index (χ2n) is 7.15. The summed E-state index contributed by atoms with van der Waals surface area (Å²) in [6.45, 7) is 12.2. The fourth-order valence-electron chi connectivity index (χ4n) is 2.19. The van der Waals surface area contributed by atoms with Gasteiger partial charge in [0.15, 0.2) is 0 Å². The highest BCUT2D eigenvalue weighted by Crippen LogP contribution is 2.31. The number of hydrogen-bond acceptors (Lipinski definition) is 3. The van der Waals surface area contributed by atoms with Crippen LogP contribution in [0.3, 0.4) is 0 Å². The van der Waals surface area contributed by atoms with Crippen molar-refractivity contribution in [3.05, 3.63) is 0 Å². The Morgan fingerprint density at radius 2 is 1.89 bits per heavy atom. The molecule has 18 heavy (non-hydrogen) atoms. The van der Waals surface area contributed by atoms with E-state index in [4.69, 9.17) is 0 Å². The number of rotatable bonds is 3. The molecule has 0 saturated carbocycles. The van der Waals surface area contributed by atoms with E-state index in [9.17, 15) is 9.90 Å². The normalized spacial score (nSPS) is 24.7. The maximum absolute atomic E-state index is 12.4. The summed E-state index contributed by atoms with van der Waals surface area (Å²) in [5, 5.41) is 16.3. The summed E-state index contributed by atoms with van der Waals surface area (Å²) in [6.07, 6.45) is 2.15. The molecule has 0 bridgehead atoms. The van der Waals surface area contributed by atoms with Crippen molar-refractivity contribution in [1.82, 2.24) is 10.6 Å². The molecule has 0 spiro atoms. The fraction of sp³-hybridized carbons (Fsp3) is 0.929. The predicted octanol–water partition coefficient (Wildman–Crippen LogP) is 1.43. The molecule has 0 aromatic carbocycles. The number of hydrogen-bond donors (Lipinski definition) is 3. The van der Waals surface area contributed by atoms with Crippen LogP contribution in [0.5, 0.6) is 0 Å². The lowest BCUT2D eigenvalue weighted by atomic mass is 9.76. The van der Waals surface area contributed by atoms with Gasteiger partial charge in [0.05, 0.1) is 17.2 Å². The van der Waals surface area contributed by atoms with Crippen LogP contribution in [0, 0.1) is 5.41 Å². The van der Waals surface area contributed by atoms with Crippen LogP contribution in [0.2, 0.25) is 0 Å². The standard InChI is InChI=1S/C14H28N2O2/c1-12(2)8-7-9-15-10(12)11(17)16-13(3,4)14(5,6)18/h10,15,18H,7-9H2,1-6H3,(H,16,17). The number of aliphatic hydroxyl groups is 1. The molecule has 1 amide bonds. The van der Waals surface area contributed by atoms with Crippen LogP contribution < -0.4 is 10.6 Å². The molecule has 0 aromatic heterocycles. The second kappa shape index (κ2) is 4.82. The molecule has 1 saturated heterocycles. The molecule has 0 radical (unpaired) electrons. The molecule has 1 aliphatic heterocycles. The summed E-state index contributed by atoms with van der Waals surface area (Å²) in [5.41, 5.74) is -1.65. The highest BCUT2D eigenvalue weighted by Gasteiger charge is 2.42. The first kappa shape index (κ1) is 15.4. The summed E-state index contributed by atoms with van der Waals surface area (Å²) in [6, 6.07) is -0.187. The van der Waals surface area contributed by atoms with Gasteiger partial charge in [-0.2, -0.15) is 0 Å². The summed E-state index contributed by atoms with van der Waals surface area (Å²) < 4.78 is 0. The van der Waals surface area contributed by atoms with Crippen LogP contribution >= 0.6 is 0 Å². The Balaban J connectivity index is 2.77. The summed E-state index contributed by atoms with van der Waals surface area (Å²) >= 11 is 0. The minimum absolute atomic E-state index is 0.0215. The van der Waals surface area contributed by atoms with Gasteiger partial charge in [-0.25, -0.2) is 0 Å². The van der Waals surface area contributed by atoms with Crippen molar-refractivity contribution in [2.75, 3.05) is 6.54 Å². The van der Waals surface area contributed by atoms with Crippen molar-refractivity contribution >= 4 is 5.91 Å².